The number of ether oxygens (including phenoxy) is 4. The Labute approximate surface area is 588 Å². The maximum absolute atomic E-state index is 13.1. The van der Waals surface area contributed by atoms with Gasteiger partial charge in [-0.15, -0.1) is 0 Å². The third kappa shape index (κ3) is 69.2. The van der Waals surface area contributed by atoms with Crippen LogP contribution in [0.1, 0.15) is 395 Å². The van der Waals surface area contributed by atoms with Gasteiger partial charge in [-0.3, -0.25) is 37.3 Å². The van der Waals surface area contributed by atoms with Crippen molar-refractivity contribution < 1.29 is 80.2 Å². The Hall–Kier alpha value is -1.94. The molecule has 0 amide bonds. The van der Waals surface area contributed by atoms with Gasteiger partial charge in [0.15, 0.2) is 12.2 Å². The number of hydrogen-bond acceptors (Lipinski definition) is 15. The fourth-order valence-corrected chi connectivity index (χ4v) is 13.3. The molecule has 0 fully saturated rings. The Morgan fingerprint density at radius 3 is 0.792 bits per heavy atom. The summed E-state index contributed by atoms with van der Waals surface area (Å²) in [5.41, 5.74) is 0. The number of unbranched alkanes of at least 4 members (excludes halogenated alkanes) is 42. The minimum Gasteiger partial charge on any atom is -0.462 e. The minimum atomic E-state index is -4.96. The van der Waals surface area contributed by atoms with Gasteiger partial charge in [-0.05, 0) is 43.4 Å². The fourth-order valence-electron chi connectivity index (χ4n) is 11.7. The Morgan fingerprint density at radius 1 is 0.302 bits per heavy atom. The van der Waals surface area contributed by atoms with Crippen LogP contribution in [-0.2, 0) is 65.4 Å². The molecule has 96 heavy (non-hydrogen) atoms. The van der Waals surface area contributed by atoms with Crippen molar-refractivity contribution in [2.75, 3.05) is 39.6 Å². The summed E-state index contributed by atoms with van der Waals surface area (Å²) in [6.45, 7) is 11.9. The number of aliphatic hydroxyl groups is 1. The van der Waals surface area contributed by atoms with Crippen LogP contribution >= 0.6 is 15.6 Å². The first-order valence-corrected chi connectivity index (χ1v) is 42.9. The SMILES string of the molecule is CCCCCCCCCCCCCCCCCCC(=O)OC[C@H](COP(=O)(O)OC[C@@H](O)COP(=O)(O)OC[C@@H](COC(=O)CCCCCCCCC(C)CC)OC(=O)CCCCCCCCCCC(C)C)OC(=O)CCCCCCCCCCCCCCCCCCC(C)C. The van der Waals surface area contributed by atoms with Crippen LogP contribution in [0.4, 0.5) is 0 Å². The van der Waals surface area contributed by atoms with E-state index in [2.05, 4.69) is 48.5 Å². The predicted molar refractivity (Wildman–Crippen MR) is 391 cm³/mol. The van der Waals surface area contributed by atoms with Crippen LogP contribution in [0.15, 0.2) is 0 Å². The highest BCUT2D eigenvalue weighted by atomic mass is 31.2. The molecule has 0 aromatic carbocycles. The molecule has 0 bridgehead atoms. The molecule has 6 atom stereocenters. The van der Waals surface area contributed by atoms with Crippen LogP contribution < -0.4 is 0 Å². The third-order valence-electron chi connectivity index (χ3n) is 18.2. The van der Waals surface area contributed by atoms with Crippen molar-refractivity contribution in [3.8, 4) is 0 Å². The second-order valence-corrected chi connectivity index (χ2v) is 31.8. The number of aliphatic hydroxyl groups excluding tert-OH is 1. The van der Waals surface area contributed by atoms with Crippen LogP contribution in [0.5, 0.6) is 0 Å². The van der Waals surface area contributed by atoms with Gasteiger partial charge in [0.1, 0.15) is 19.3 Å². The van der Waals surface area contributed by atoms with Crippen molar-refractivity contribution in [2.24, 2.45) is 17.8 Å². The van der Waals surface area contributed by atoms with Crippen LogP contribution in [0.2, 0.25) is 0 Å². The number of hydrogen-bond donors (Lipinski definition) is 3. The second-order valence-electron chi connectivity index (χ2n) is 28.9. The van der Waals surface area contributed by atoms with Gasteiger partial charge < -0.3 is 33.8 Å². The zero-order valence-corrected chi connectivity index (χ0v) is 64.6. The fraction of sp³-hybridized carbons (Fsp3) is 0.948. The van der Waals surface area contributed by atoms with Crippen molar-refractivity contribution in [1.82, 2.24) is 0 Å². The molecular formula is C77H150O17P2. The third-order valence-corrected chi connectivity index (χ3v) is 20.1. The Bertz CT molecular complexity index is 1870. The number of carbonyl (C=O) groups is 4. The van der Waals surface area contributed by atoms with Crippen LogP contribution in [0, 0.1) is 17.8 Å². The molecule has 19 heteroatoms. The van der Waals surface area contributed by atoms with Crippen molar-refractivity contribution in [2.45, 2.75) is 414 Å². The summed E-state index contributed by atoms with van der Waals surface area (Å²) >= 11 is 0. The molecule has 3 unspecified atom stereocenters. The van der Waals surface area contributed by atoms with Gasteiger partial charge in [-0.25, -0.2) is 9.13 Å². The Kier molecular flexibility index (Phi) is 66.2. The van der Waals surface area contributed by atoms with E-state index in [0.717, 1.165) is 114 Å². The largest absolute Gasteiger partial charge is 0.472 e. The van der Waals surface area contributed by atoms with E-state index in [4.69, 9.17) is 37.0 Å². The van der Waals surface area contributed by atoms with E-state index in [1.54, 1.807) is 0 Å². The average Bonchev–Trinajstić information content (AvgIpc) is 1.10. The summed E-state index contributed by atoms with van der Waals surface area (Å²) in [5.74, 6) is 0.139. The monoisotopic (exact) mass is 1410 g/mol. The molecule has 0 spiro atoms. The van der Waals surface area contributed by atoms with E-state index in [1.807, 2.05) is 0 Å². The molecule has 0 heterocycles. The zero-order chi connectivity index (χ0) is 70.9. The lowest BCUT2D eigenvalue weighted by Crippen LogP contribution is -2.30. The number of phosphoric acid groups is 2. The lowest BCUT2D eigenvalue weighted by atomic mass is 10.00. The molecule has 3 N–H and O–H groups in total. The molecule has 0 aliphatic heterocycles. The standard InChI is InChI=1S/C77H150O17P2/c1-8-10-11-12-13-14-15-16-17-21-24-27-30-36-44-51-58-74(79)87-64-72(93-76(81)60-53-46-37-31-28-25-22-19-18-20-23-26-29-34-41-48-55-68(3)4)66-91-95(83,84)89-62-71(78)63-90-96(85,86)92-67-73(65-88-75(80)59-52-45-40-39-43-50-57-70(7)9-2)94-77(82)61-54-47-38-33-32-35-42-49-56-69(5)6/h68-73,78H,8-67H2,1-7H3,(H,83,84)(H,85,86)/t70?,71-,72-,73-/m1/s1. The first kappa shape index (κ1) is 94.1. The van der Waals surface area contributed by atoms with Crippen molar-refractivity contribution in [3.05, 3.63) is 0 Å². The van der Waals surface area contributed by atoms with E-state index in [1.165, 1.54) is 199 Å². The minimum absolute atomic E-state index is 0.104. The lowest BCUT2D eigenvalue weighted by molar-refractivity contribution is -0.161. The molecule has 570 valence electrons. The van der Waals surface area contributed by atoms with E-state index in [9.17, 15) is 43.2 Å². The molecule has 0 saturated carbocycles. The Morgan fingerprint density at radius 2 is 0.531 bits per heavy atom. The van der Waals surface area contributed by atoms with E-state index in [0.29, 0.717) is 25.7 Å². The van der Waals surface area contributed by atoms with Gasteiger partial charge in [0.2, 0.25) is 0 Å². The highest BCUT2D eigenvalue weighted by Gasteiger charge is 2.30. The normalized spacial score (nSPS) is 14.3. The molecule has 0 aliphatic rings. The van der Waals surface area contributed by atoms with Gasteiger partial charge in [-0.2, -0.15) is 0 Å². The summed E-state index contributed by atoms with van der Waals surface area (Å²) in [6.07, 6.45) is 54.2. The maximum Gasteiger partial charge on any atom is 0.472 e. The molecule has 0 aromatic rings. The molecule has 0 radical (unpaired) electrons. The van der Waals surface area contributed by atoms with Gasteiger partial charge in [0, 0.05) is 25.7 Å². The second kappa shape index (κ2) is 67.5. The Balaban J connectivity index is 5.23. The van der Waals surface area contributed by atoms with E-state index in [-0.39, 0.29) is 25.7 Å². The quantitative estimate of drug-likeness (QED) is 0.0222. The highest BCUT2D eigenvalue weighted by molar-refractivity contribution is 7.47. The number of carbonyl (C=O) groups excluding carboxylic acids is 4. The van der Waals surface area contributed by atoms with Gasteiger partial charge >= 0.3 is 39.5 Å². The molecule has 0 aliphatic carbocycles. The summed E-state index contributed by atoms with van der Waals surface area (Å²) in [6, 6.07) is 0. The molecular weight excluding hydrogens is 1260 g/mol. The summed E-state index contributed by atoms with van der Waals surface area (Å²) in [7, 11) is -9.91. The summed E-state index contributed by atoms with van der Waals surface area (Å²) in [5, 5.41) is 10.6. The van der Waals surface area contributed by atoms with Crippen molar-refractivity contribution >= 4 is 39.5 Å². The molecule has 0 rings (SSSR count). The first-order chi connectivity index (χ1) is 46.3. The van der Waals surface area contributed by atoms with E-state index < -0.39 is 97.5 Å². The van der Waals surface area contributed by atoms with Crippen LogP contribution in [0.25, 0.3) is 0 Å². The van der Waals surface area contributed by atoms with Gasteiger partial charge in [0.25, 0.3) is 0 Å². The van der Waals surface area contributed by atoms with Crippen molar-refractivity contribution in [3.63, 3.8) is 0 Å². The lowest BCUT2D eigenvalue weighted by Gasteiger charge is -2.21. The highest BCUT2D eigenvalue weighted by Crippen LogP contribution is 2.45. The number of esters is 4. The first-order valence-electron chi connectivity index (χ1n) is 39.9. The van der Waals surface area contributed by atoms with Crippen LogP contribution in [-0.4, -0.2) is 96.7 Å². The van der Waals surface area contributed by atoms with Crippen molar-refractivity contribution in [1.29, 1.82) is 0 Å². The molecule has 17 nitrogen and oxygen atoms in total. The number of rotatable bonds is 75. The summed E-state index contributed by atoms with van der Waals surface area (Å²) < 4.78 is 68.5. The van der Waals surface area contributed by atoms with E-state index >= 15 is 0 Å². The number of phosphoric ester groups is 2. The smallest absolute Gasteiger partial charge is 0.462 e. The van der Waals surface area contributed by atoms with Gasteiger partial charge in [0.05, 0.1) is 26.4 Å². The topological polar surface area (TPSA) is 237 Å². The average molecular weight is 1410 g/mol. The molecule has 0 saturated heterocycles. The zero-order valence-electron chi connectivity index (χ0n) is 62.8. The maximum atomic E-state index is 13.1. The van der Waals surface area contributed by atoms with Gasteiger partial charge in [-0.1, -0.05) is 344 Å². The molecule has 0 aromatic heterocycles. The summed E-state index contributed by atoms with van der Waals surface area (Å²) in [4.78, 5) is 72.8. The predicted octanol–water partition coefficient (Wildman–Crippen LogP) is 22.6. The van der Waals surface area contributed by atoms with Crippen LogP contribution in [0.3, 0.4) is 0 Å².